The van der Waals surface area contributed by atoms with Gasteiger partial charge in [-0.1, -0.05) is 18.2 Å². The first-order valence-corrected chi connectivity index (χ1v) is 9.91. The molecule has 0 aliphatic heterocycles. The molecule has 3 rings (SSSR count). The highest BCUT2D eigenvalue weighted by atomic mass is 32.1. The van der Waals surface area contributed by atoms with E-state index in [2.05, 4.69) is 9.97 Å². The highest BCUT2D eigenvalue weighted by Crippen LogP contribution is 2.28. The Balaban J connectivity index is 1.93. The maximum atomic E-state index is 13.9. The number of aromatic nitrogens is 2. The van der Waals surface area contributed by atoms with Crippen LogP contribution in [0.3, 0.4) is 0 Å². The summed E-state index contributed by atoms with van der Waals surface area (Å²) in [4.78, 5) is 34.1. The van der Waals surface area contributed by atoms with E-state index in [9.17, 15) is 14.0 Å². The topological polar surface area (TPSA) is 76.5 Å². The Morgan fingerprint density at radius 2 is 2.11 bits per heavy atom. The van der Waals surface area contributed by atoms with Crippen LogP contribution in [0, 0.1) is 12.7 Å². The Kier molecular flexibility index (Phi) is 5.90. The smallest absolute Gasteiger partial charge is 0.348 e. The summed E-state index contributed by atoms with van der Waals surface area (Å²) in [6.07, 6.45) is 0. The third-order valence-electron chi connectivity index (χ3n) is 4.86. The van der Waals surface area contributed by atoms with Crippen LogP contribution in [-0.4, -0.2) is 29.6 Å². The molecule has 2 heterocycles. The van der Waals surface area contributed by atoms with Crippen LogP contribution in [0.15, 0.2) is 29.1 Å². The molecule has 0 saturated heterocycles. The second kappa shape index (κ2) is 8.20. The van der Waals surface area contributed by atoms with E-state index in [1.165, 1.54) is 6.07 Å². The Labute approximate surface area is 166 Å². The Morgan fingerprint density at radius 3 is 2.79 bits per heavy atom. The van der Waals surface area contributed by atoms with E-state index in [1.54, 1.807) is 32.0 Å². The third-order valence-corrected chi connectivity index (χ3v) is 6.02. The van der Waals surface area contributed by atoms with Crippen LogP contribution in [-0.2, 0) is 11.3 Å². The first kappa shape index (κ1) is 20.2. The van der Waals surface area contributed by atoms with E-state index in [-0.39, 0.29) is 24.0 Å². The van der Waals surface area contributed by atoms with Crippen LogP contribution < -0.4 is 10.5 Å². The molecular weight excluding hydrogens is 381 g/mol. The van der Waals surface area contributed by atoms with E-state index in [0.717, 1.165) is 16.2 Å². The van der Waals surface area contributed by atoms with Crippen LogP contribution in [0.25, 0.3) is 10.2 Å². The lowest BCUT2D eigenvalue weighted by Gasteiger charge is -2.21. The average Bonchev–Trinajstić information content (AvgIpc) is 3.00. The maximum Gasteiger partial charge on any atom is 0.348 e. The summed E-state index contributed by atoms with van der Waals surface area (Å²) in [6, 6.07) is 6.47. The molecule has 6 nitrogen and oxygen atoms in total. The molecule has 2 atom stereocenters. The SMILES string of the molecule is CCOC(=O)c1sc2nc([C@H](C)[NH+](C)Cc3ccccc3F)[nH]c(=O)c2c1C. The van der Waals surface area contributed by atoms with Gasteiger partial charge in [-0.05, 0) is 32.4 Å². The first-order chi connectivity index (χ1) is 13.3. The zero-order valence-corrected chi connectivity index (χ0v) is 17.1. The number of quaternary nitrogens is 1. The minimum absolute atomic E-state index is 0.176. The molecule has 0 saturated carbocycles. The van der Waals surface area contributed by atoms with Gasteiger partial charge in [-0.2, -0.15) is 0 Å². The predicted octanol–water partition coefficient (Wildman–Crippen LogP) is 2.38. The highest BCUT2D eigenvalue weighted by molar-refractivity contribution is 7.20. The number of esters is 1. The summed E-state index contributed by atoms with van der Waals surface area (Å²) >= 11 is 1.16. The zero-order valence-electron chi connectivity index (χ0n) is 16.3. The zero-order chi connectivity index (χ0) is 20.4. The molecule has 0 aliphatic carbocycles. The number of carbonyl (C=O) groups is 1. The number of nitrogens with one attached hydrogen (secondary N) is 2. The molecule has 0 fully saturated rings. The van der Waals surface area contributed by atoms with Gasteiger partial charge in [-0.3, -0.25) is 4.79 Å². The Morgan fingerprint density at radius 1 is 1.39 bits per heavy atom. The quantitative estimate of drug-likeness (QED) is 0.619. The van der Waals surface area contributed by atoms with Crippen molar-refractivity contribution in [3.05, 3.63) is 62.3 Å². The van der Waals surface area contributed by atoms with E-state index in [0.29, 0.717) is 38.6 Å². The monoisotopic (exact) mass is 404 g/mol. The fraction of sp³-hybridized carbons (Fsp3) is 0.350. The molecule has 1 unspecified atom stereocenters. The number of benzene rings is 1. The lowest BCUT2D eigenvalue weighted by molar-refractivity contribution is -0.924. The lowest BCUT2D eigenvalue weighted by atomic mass is 10.1. The number of fused-ring (bicyclic) bond motifs is 1. The van der Waals surface area contributed by atoms with Gasteiger partial charge in [0.1, 0.15) is 28.1 Å². The predicted molar refractivity (Wildman–Crippen MR) is 106 cm³/mol. The Hall–Kier alpha value is -2.58. The average molecular weight is 404 g/mol. The molecule has 2 aromatic heterocycles. The first-order valence-electron chi connectivity index (χ1n) is 9.09. The number of thiophene rings is 1. The second-order valence-corrected chi connectivity index (χ2v) is 7.74. The fourth-order valence-corrected chi connectivity index (χ4v) is 4.17. The van der Waals surface area contributed by atoms with Crippen molar-refractivity contribution in [2.45, 2.75) is 33.4 Å². The van der Waals surface area contributed by atoms with Gasteiger partial charge < -0.3 is 14.6 Å². The van der Waals surface area contributed by atoms with Crippen molar-refractivity contribution < 1.29 is 18.8 Å². The molecule has 0 spiro atoms. The maximum absolute atomic E-state index is 13.9. The molecule has 0 bridgehead atoms. The Bertz CT molecular complexity index is 1080. The number of halogens is 1. The van der Waals surface area contributed by atoms with E-state index in [1.807, 2.05) is 14.0 Å². The largest absolute Gasteiger partial charge is 0.462 e. The third kappa shape index (κ3) is 3.83. The number of rotatable bonds is 6. The molecule has 1 aromatic carbocycles. The number of aryl methyl sites for hydroxylation is 1. The summed E-state index contributed by atoms with van der Waals surface area (Å²) in [6.45, 7) is 6.10. The van der Waals surface area contributed by atoms with Crippen LogP contribution in [0.1, 0.15) is 46.5 Å². The molecule has 3 aromatic rings. The molecule has 0 amide bonds. The van der Waals surface area contributed by atoms with Gasteiger partial charge in [0.05, 0.1) is 19.0 Å². The highest BCUT2D eigenvalue weighted by Gasteiger charge is 2.24. The van der Waals surface area contributed by atoms with Crippen molar-refractivity contribution in [2.75, 3.05) is 13.7 Å². The van der Waals surface area contributed by atoms with Gasteiger partial charge in [-0.15, -0.1) is 11.3 Å². The summed E-state index contributed by atoms with van der Waals surface area (Å²) < 4.78 is 19.0. The molecule has 0 radical (unpaired) electrons. The minimum Gasteiger partial charge on any atom is -0.462 e. The number of nitrogens with zero attached hydrogens (tertiary/aromatic N) is 1. The number of carbonyl (C=O) groups excluding carboxylic acids is 1. The van der Waals surface area contributed by atoms with Crippen molar-refractivity contribution >= 4 is 27.5 Å². The normalized spacial score (nSPS) is 13.5. The molecule has 0 aliphatic rings. The van der Waals surface area contributed by atoms with Crippen molar-refractivity contribution in [2.24, 2.45) is 0 Å². The fourth-order valence-electron chi connectivity index (χ4n) is 3.09. The molecule has 28 heavy (non-hydrogen) atoms. The van der Waals surface area contributed by atoms with E-state index in [4.69, 9.17) is 4.74 Å². The van der Waals surface area contributed by atoms with Crippen molar-refractivity contribution in [3.63, 3.8) is 0 Å². The van der Waals surface area contributed by atoms with Crippen molar-refractivity contribution in [1.82, 2.24) is 9.97 Å². The van der Waals surface area contributed by atoms with Crippen molar-refractivity contribution in [3.8, 4) is 0 Å². The van der Waals surface area contributed by atoms with Gasteiger partial charge in [0, 0.05) is 5.56 Å². The van der Waals surface area contributed by atoms with E-state index >= 15 is 0 Å². The summed E-state index contributed by atoms with van der Waals surface area (Å²) in [7, 11) is 1.92. The van der Waals surface area contributed by atoms with Crippen molar-refractivity contribution in [1.29, 1.82) is 0 Å². The molecular formula is C20H23FN3O3S+. The number of aromatic amines is 1. The number of hydrogen-bond donors (Lipinski definition) is 2. The minimum atomic E-state index is -0.445. The van der Waals surface area contributed by atoms with E-state index < -0.39 is 5.97 Å². The van der Waals surface area contributed by atoms with Crippen LogP contribution >= 0.6 is 11.3 Å². The summed E-state index contributed by atoms with van der Waals surface area (Å²) in [5.41, 5.74) is 0.903. The number of hydrogen-bond acceptors (Lipinski definition) is 5. The van der Waals surface area contributed by atoms with Crippen LogP contribution in [0.5, 0.6) is 0 Å². The van der Waals surface area contributed by atoms with Gasteiger partial charge in [-0.25, -0.2) is 14.2 Å². The van der Waals surface area contributed by atoms with Gasteiger partial charge in [0.15, 0.2) is 5.82 Å². The van der Waals surface area contributed by atoms with Gasteiger partial charge in [0.25, 0.3) is 5.56 Å². The molecule has 8 heteroatoms. The number of ether oxygens (including phenoxy) is 1. The molecule has 148 valence electrons. The number of H-pyrrole nitrogens is 1. The summed E-state index contributed by atoms with van der Waals surface area (Å²) in [5, 5.41) is 0.413. The molecule has 2 N–H and O–H groups in total. The van der Waals surface area contributed by atoms with Gasteiger partial charge in [0.2, 0.25) is 0 Å². The summed E-state index contributed by atoms with van der Waals surface area (Å²) in [5.74, 6) is -0.193. The van der Waals surface area contributed by atoms with Gasteiger partial charge >= 0.3 is 5.97 Å². The van der Waals surface area contributed by atoms with Crippen LogP contribution in [0.2, 0.25) is 0 Å². The second-order valence-electron chi connectivity index (χ2n) is 6.74. The standard InChI is InChI=1S/C20H22FN3O3S/c1-5-27-20(26)16-11(2)15-18(25)22-17(23-19(15)28-16)12(3)24(4)10-13-8-6-7-9-14(13)21/h6-9,12H,5,10H2,1-4H3,(H,22,23,25)/p+1/t12-/m0/s1. The lowest BCUT2D eigenvalue weighted by Crippen LogP contribution is -3.07. The van der Waals surface area contributed by atoms with Crippen LogP contribution in [0.4, 0.5) is 4.39 Å².